The van der Waals surface area contributed by atoms with E-state index in [0.29, 0.717) is 18.2 Å². The summed E-state index contributed by atoms with van der Waals surface area (Å²) < 4.78 is 5.33. The number of piperazine rings is 1. The van der Waals surface area contributed by atoms with Crippen LogP contribution in [0, 0.1) is 0 Å². The van der Waals surface area contributed by atoms with Gasteiger partial charge < -0.3 is 10.1 Å². The summed E-state index contributed by atoms with van der Waals surface area (Å²) in [6.45, 7) is 10.0. The number of rotatable bonds is 5. The second-order valence-electron chi connectivity index (χ2n) is 4.74. The Morgan fingerprint density at radius 3 is 2.87 bits per heavy atom. The minimum absolute atomic E-state index is 0.341. The van der Waals surface area contributed by atoms with Crippen molar-refractivity contribution in [3.05, 3.63) is 0 Å². The first-order valence-electron chi connectivity index (χ1n) is 6.17. The highest BCUT2D eigenvalue weighted by molar-refractivity contribution is 4.84. The van der Waals surface area contributed by atoms with Crippen molar-refractivity contribution in [2.24, 2.45) is 0 Å². The van der Waals surface area contributed by atoms with Crippen molar-refractivity contribution in [3.8, 4) is 0 Å². The lowest BCUT2D eigenvalue weighted by molar-refractivity contribution is 0.0445. The molecule has 1 heterocycles. The summed E-state index contributed by atoms with van der Waals surface area (Å²) >= 11 is 0. The lowest BCUT2D eigenvalue weighted by Crippen LogP contribution is -2.56. The van der Waals surface area contributed by atoms with E-state index in [1.807, 2.05) is 0 Å². The van der Waals surface area contributed by atoms with E-state index in [9.17, 15) is 0 Å². The molecule has 3 unspecified atom stereocenters. The molecule has 0 spiro atoms. The molecule has 0 aliphatic carbocycles. The maximum Gasteiger partial charge on any atom is 0.0670 e. The van der Waals surface area contributed by atoms with Crippen LogP contribution in [0.2, 0.25) is 0 Å². The van der Waals surface area contributed by atoms with Gasteiger partial charge in [0.25, 0.3) is 0 Å². The molecule has 0 saturated carbocycles. The summed E-state index contributed by atoms with van der Waals surface area (Å²) in [4.78, 5) is 2.55. The van der Waals surface area contributed by atoms with Gasteiger partial charge >= 0.3 is 0 Å². The van der Waals surface area contributed by atoms with Gasteiger partial charge in [0.1, 0.15) is 0 Å². The van der Waals surface area contributed by atoms with Crippen molar-refractivity contribution in [3.63, 3.8) is 0 Å². The van der Waals surface area contributed by atoms with Gasteiger partial charge in [0, 0.05) is 38.8 Å². The van der Waals surface area contributed by atoms with Crippen LogP contribution in [-0.4, -0.2) is 49.8 Å². The largest absolute Gasteiger partial charge is 0.380 e. The van der Waals surface area contributed by atoms with Crippen LogP contribution in [0.4, 0.5) is 0 Å². The molecule has 3 atom stereocenters. The van der Waals surface area contributed by atoms with Crippen molar-refractivity contribution in [2.75, 3.05) is 26.7 Å². The van der Waals surface area contributed by atoms with E-state index in [1.165, 1.54) is 19.4 Å². The van der Waals surface area contributed by atoms with E-state index < -0.39 is 0 Å². The maximum absolute atomic E-state index is 5.33. The number of ether oxygens (including phenoxy) is 1. The van der Waals surface area contributed by atoms with Gasteiger partial charge in [-0.2, -0.15) is 0 Å². The van der Waals surface area contributed by atoms with Crippen LogP contribution in [0.15, 0.2) is 0 Å². The normalized spacial score (nSPS) is 30.4. The van der Waals surface area contributed by atoms with E-state index >= 15 is 0 Å². The minimum Gasteiger partial charge on any atom is -0.380 e. The molecule has 0 aromatic carbocycles. The van der Waals surface area contributed by atoms with Crippen LogP contribution in [0.1, 0.15) is 33.6 Å². The molecule has 1 N–H and O–H groups in total. The summed E-state index contributed by atoms with van der Waals surface area (Å²) in [7, 11) is 1.79. The average molecular weight is 214 g/mol. The molecule has 3 heteroatoms. The molecule has 1 saturated heterocycles. The Morgan fingerprint density at radius 1 is 1.53 bits per heavy atom. The van der Waals surface area contributed by atoms with Crippen LogP contribution >= 0.6 is 0 Å². The summed E-state index contributed by atoms with van der Waals surface area (Å²) in [5.41, 5.74) is 0. The number of methoxy groups -OCH3 is 1. The summed E-state index contributed by atoms with van der Waals surface area (Å²) in [5.74, 6) is 0. The molecule has 0 amide bonds. The standard InChI is InChI=1S/C12H26N2O/c1-5-6-12-9-14(8-11(3)15-4)10(2)7-13-12/h10-13H,5-9H2,1-4H3. The molecular weight excluding hydrogens is 188 g/mol. The highest BCUT2D eigenvalue weighted by Gasteiger charge is 2.25. The zero-order valence-electron chi connectivity index (χ0n) is 10.6. The third kappa shape index (κ3) is 4.09. The zero-order valence-corrected chi connectivity index (χ0v) is 10.6. The SMILES string of the molecule is CCCC1CN(CC(C)OC)C(C)CN1. The van der Waals surface area contributed by atoms with Crippen molar-refractivity contribution in [1.29, 1.82) is 0 Å². The number of hydrogen-bond acceptors (Lipinski definition) is 3. The first-order valence-corrected chi connectivity index (χ1v) is 6.17. The Morgan fingerprint density at radius 2 is 2.27 bits per heavy atom. The third-order valence-electron chi connectivity index (χ3n) is 3.31. The first kappa shape index (κ1) is 12.9. The molecule has 15 heavy (non-hydrogen) atoms. The fraction of sp³-hybridized carbons (Fsp3) is 1.00. The van der Waals surface area contributed by atoms with E-state index in [4.69, 9.17) is 4.74 Å². The van der Waals surface area contributed by atoms with Crippen LogP contribution in [0.25, 0.3) is 0 Å². The Labute approximate surface area is 94.2 Å². The fourth-order valence-electron chi connectivity index (χ4n) is 2.19. The van der Waals surface area contributed by atoms with E-state index in [1.54, 1.807) is 7.11 Å². The summed E-state index contributed by atoms with van der Waals surface area (Å²) in [6, 6.07) is 1.31. The smallest absolute Gasteiger partial charge is 0.0670 e. The monoisotopic (exact) mass is 214 g/mol. The predicted molar refractivity (Wildman–Crippen MR) is 64.2 cm³/mol. The van der Waals surface area contributed by atoms with Crippen LogP contribution in [0.3, 0.4) is 0 Å². The van der Waals surface area contributed by atoms with E-state index in [-0.39, 0.29) is 0 Å². The molecule has 90 valence electrons. The van der Waals surface area contributed by atoms with Crippen molar-refractivity contribution in [1.82, 2.24) is 10.2 Å². The quantitative estimate of drug-likeness (QED) is 0.750. The third-order valence-corrected chi connectivity index (χ3v) is 3.31. The highest BCUT2D eigenvalue weighted by atomic mass is 16.5. The average Bonchev–Trinajstić information content (AvgIpc) is 2.23. The number of nitrogens with one attached hydrogen (secondary N) is 1. The van der Waals surface area contributed by atoms with Crippen molar-refractivity contribution < 1.29 is 4.74 Å². The Balaban J connectivity index is 2.39. The molecule has 1 rings (SSSR count). The summed E-state index contributed by atoms with van der Waals surface area (Å²) in [5, 5.41) is 3.61. The van der Waals surface area contributed by atoms with Crippen LogP contribution in [0.5, 0.6) is 0 Å². The molecule has 3 nitrogen and oxygen atoms in total. The van der Waals surface area contributed by atoms with Gasteiger partial charge in [-0.15, -0.1) is 0 Å². The van der Waals surface area contributed by atoms with Gasteiger partial charge in [-0.3, -0.25) is 4.90 Å². The second-order valence-corrected chi connectivity index (χ2v) is 4.74. The lowest BCUT2D eigenvalue weighted by atomic mass is 10.1. The minimum atomic E-state index is 0.341. The Kier molecular flexibility index (Phi) is 5.58. The molecule has 0 aromatic rings. The zero-order chi connectivity index (χ0) is 11.3. The lowest BCUT2D eigenvalue weighted by Gasteiger charge is -2.39. The number of hydrogen-bond donors (Lipinski definition) is 1. The molecule has 0 radical (unpaired) electrons. The number of nitrogens with zero attached hydrogens (tertiary/aromatic N) is 1. The van der Waals surface area contributed by atoms with Gasteiger partial charge in [0.15, 0.2) is 0 Å². The Bertz CT molecular complexity index is 175. The van der Waals surface area contributed by atoms with E-state index in [2.05, 4.69) is 31.0 Å². The van der Waals surface area contributed by atoms with Crippen LogP contribution in [-0.2, 0) is 4.74 Å². The maximum atomic E-state index is 5.33. The van der Waals surface area contributed by atoms with E-state index in [0.717, 1.165) is 13.1 Å². The molecule has 0 bridgehead atoms. The highest BCUT2D eigenvalue weighted by Crippen LogP contribution is 2.11. The van der Waals surface area contributed by atoms with Crippen molar-refractivity contribution >= 4 is 0 Å². The molecule has 0 aromatic heterocycles. The van der Waals surface area contributed by atoms with Gasteiger partial charge in [-0.05, 0) is 20.3 Å². The van der Waals surface area contributed by atoms with Gasteiger partial charge in [0.05, 0.1) is 6.10 Å². The predicted octanol–water partition coefficient (Wildman–Crippen LogP) is 1.48. The molecule has 1 aliphatic rings. The fourth-order valence-corrected chi connectivity index (χ4v) is 2.19. The molecular formula is C12H26N2O. The topological polar surface area (TPSA) is 24.5 Å². The molecule has 1 aliphatic heterocycles. The van der Waals surface area contributed by atoms with Gasteiger partial charge in [-0.1, -0.05) is 13.3 Å². The first-order chi connectivity index (χ1) is 7.17. The van der Waals surface area contributed by atoms with Gasteiger partial charge in [-0.25, -0.2) is 0 Å². The molecule has 1 fully saturated rings. The summed E-state index contributed by atoms with van der Waals surface area (Å²) in [6.07, 6.45) is 2.89. The second kappa shape index (κ2) is 6.46. The van der Waals surface area contributed by atoms with Gasteiger partial charge in [0.2, 0.25) is 0 Å². The van der Waals surface area contributed by atoms with Crippen molar-refractivity contribution in [2.45, 2.75) is 51.8 Å². The van der Waals surface area contributed by atoms with Crippen LogP contribution < -0.4 is 5.32 Å². The Hall–Kier alpha value is -0.120.